The van der Waals surface area contributed by atoms with E-state index in [0.29, 0.717) is 17.9 Å². The van der Waals surface area contributed by atoms with Crippen LogP contribution in [0.4, 0.5) is 0 Å². The second-order valence-electron chi connectivity index (χ2n) is 4.03. The predicted octanol–water partition coefficient (Wildman–Crippen LogP) is 1.75. The Bertz CT molecular complexity index is 381. The molecule has 0 saturated carbocycles. The van der Waals surface area contributed by atoms with Crippen LogP contribution in [0.1, 0.15) is 30.6 Å². The molecule has 1 atom stereocenters. The number of nitriles is 1. The molecule has 1 aromatic rings. The van der Waals surface area contributed by atoms with Gasteiger partial charge in [-0.1, -0.05) is 13.8 Å². The molecule has 0 saturated heterocycles. The van der Waals surface area contributed by atoms with Crippen molar-refractivity contribution in [3.8, 4) is 6.07 Å². The van der Waals surface area contributed by atoms with Gasteiger partial charge in [0.25, 0.3) is 5.91 Å². The van der Waals surface area contributed by atoms with Crippen LogP contribution in [0, 0.1) is 17.2 Å². The largest absolute Gasteiger partial charge is 0.336 e. The third-order valence-electron chi connectivity index (χ3n) is 2.09. The molecule has 1 rings (SSSR count). The highest BCUT2D eigenvalue weighted by Gasteiger charge is 2.14. The molecular weight excluding hydrogens is 202 g/mol. The van der Waals surface area contributed by atoms with E-state index >= 15 is 0 Å². The number of nitrogens with zero attached hydrogens (tertiary/aromatic N) is 2. The zero-order chi connectivity index (χ0) is 12.0. The summed E-state index contributed by atoms with van der Waals surface area (Å²) in [6.45, 7) is 4.03. The smallest absolute Gasteiger partial charge is 0.253 e. The number of carbonyl (C=O) groups excluding carboxylic acids is 1. The van der Waals surface area contributed by atoms with Crippen LogP contribution in [-0.4, -0.2) is 16.9 Å². The number of hydrogen-bond acceptors (Lipinski definition) is 3. The number of carbonyl (C=O) groups is 1. The first kappa shape index (κ1) is 12.2. The number of hydrogen-bond donors (Lipinski definition) is 1. The number of nitrogens with one attached hydrogen (secondary N) is 1. The minimum absolute atomic E-state index is 0.250. The van der Waals surface area contributed by atoms with Gasteiger partial charge >= 0.3 is 0 Å². The van der Waals surface area contributed by atoms with Crippen LogP contribution in [0.15, 0.2) is 24.5 Å². The van der Waals surface area contributed by atoms with Crippen molar-refractivity contribution < 1.29 is 4.79 Å². The average Bonchev–Trinajstić information content (AvgIpc) is 2.28. The van der Waals surface area contributed by atoms with Gasteiger partial charge in [-0.25, -0.2) is 0 Å². The van der Waals surface area contributed by atoms with Crippen LogP contribution in [0.5, 0.6) is 0 Å². The summed E-state index contributed by atoms with van der Waals surface area (Å²) < 4.78 is 0. The highest BCUT2D eigenvalue weighted by atomic mass is 16.1. The molecule has 84 valence electrons. The van der Waals surface area contributed by atoms with Crippen molar-refractivity contribution in [1.82, 2.24) is 10.3 Å². The Morgan fingerprint density at radius 3 is 2.88 bits per heavy atom. The topological polar surface area (TPSA) is 65.8 Å². The standard InChI is InChI=1S/C12H15N3O/c1-9(2)6-11(7-13)15-12(16)10-4-3-5-14-8-10/h3-5,8-9,11H,6H2,1-2H3,(H,15,16). The van der Waals surface area contributed by atoms with Crippen molar-refractivity contribution in [2.24, 2.45) is 5.92 Å². The molecule has 4 heteroatoms. The summed E-state index contributed by atoms with van der Waals surface area (Å²) in [7, 11) is 0. The molecule has 0 spiro atoms. The van der Waals surface area contributed by atoms with Gasteiger partial charge in [-0.2, -0.15) is 5.26 Å². The van der Waals surface area contributed by atoms with Gasteiger partial charge in [-0.3, -0.25) is 9.78 Å². The Labute approximate surface area is 95.3 Å². The van der Waals surface area contributed by atoms with Crippen LogP contribution < -0.4 is 5.32 Å². The van der Waals surface area contributed by atoms with E-state index < -0.39 is 6.04 Å². The molecule has 0 bridgehead atoms. The van der Waals surface area contributed by atoms with E-state index in [9.17, 15) is 4.79 Å². The summed E-state index contributed by atoms with van der Waals surface area (Å²) >= 11 is 0. The fourth-order valence-corrected chi connectivity index (χ4v) is 1.35. The summed E-state index contributed by atoms with van der Waals surface area (Å²) in [6.07, 6.45) is 3.74. The molecule has 1 heterocycles. The van der Waals surface area contributed by atoms with Crippen LogP contribution in [-0.2, 0) is 0 Å². The fourth-order valence-electron chi connectivity index (χ4n) is 1.35. The van der Waals surface area contributed by atoms with Crippen LogP contribution in [0.3, 0.4) is 0 Å². The first-order chi connectivity index (χ1) is 7.63. The average molecular weight is 217 g/mol. The van der Waals surface area contributed by atoms with Gasteiger partial charge in [0, 0.05) is 12.4 Å². The molecule has 0 aromatic carbocycles. The molecular formula is C12H15N3O. The Kier molecular flexibility index (Phi) is 4.46. The normalized spacial score (nSPS) is 11.9. The van der Waals surface area contributed by atoms with Crippen molar-refractivity contribution in [1.29, 1.82) is 5.26 Å². The highest BCUT2D eigenvalue weighted by molar-refractivity contribution is 5.94. The maximum Gasteiger partial charge on any atom is 0.253 e. The quantitative estimate of drug-likeness (QED) is 0.835. The SMILES string of the molecule is CC(C)CC(C#N)NC(=O)c1cccnc1. The monoisotopic (exact) mass is 217 g/mol. The Morgan fingerprint density at radius 1 is 1.62 bits per heavy atom. The van der Waals surface area contributed by atoms with Gasteiger partial charge in [-0.15, -0.1) is 0 Å². The molecule has 0 fully saturated rings. The van der Waals surface area contributed by atoms with Crippen LogP contribution >= 0.6 is 0 Å². The van der Waals surface area contributed by atoms with Gasteiger partial charge in [0.2, 0.25) is 0 Å². The Morgan fingerprint density at radius 2 is 2.38 bits per heavy atom. The van der Waals surface area contributed by atoms with Crippen molar-refractivity contribution >= 4 is 5.91 Å². The van der Waals surface area contributed by atoms with Crippen LogP contribution in [0.25, 0.3) is 0 Å². The summed E-state index contributed by atoms with van der Waals surface area (Å²) in [5, 5.41) is 11.6. The van der Waals surface area contributed by atoms with Gasteiger partial charge in [-0.05, 0) is 24.5 Å². The van der Waals surface area contributed by atoms with Gasteiger partial charge in [0.05, 0.1) is 11.6 Å². The van der Waals surface area contributed by atoms with Gasteiger partial charge < -0.3 is 5.32 Å². The second kappa shape index (κ2) is 5.86. The van der Waals surface area contributed by atoms with E-state index in [0.717, 1.165) is 0 Å². The first-order valence-electron chi connectivity index (χ1n) is 5.24. The lowest BCUT2D eigenvalue weighted by molar-refractivity contribution is 0.0942. The van der Waals surface area contributed by atoms with Gasteiger partial charge in [0.15, 0.2) is 0 Å². The van der Waals surface area contributed by atoms with Crippen molar-refractivity contribution in [2.75, 3.05) is 0 Å². The van der Waals surface area contributed by atoms with Crippen molar-refractivity contribution in [3.63, 3.8) is 0 Å². The van der Waals surface area contributed by atoms with Crippen LogP contribution in [0.2, 0.25) is 0 Å². The molecule has 1 N–H and O–H groups in total. The third kappa shape index (κ3) is 3.70. The summed E-state index contributed by atoms with van der Waals surface area (Å²) in [5.74, 6) is 0.124. The summed E-state index contributed by atoms with van der Waals surface area (Å²) in [6, 6.07) is 5.01. The lowest BCUT2D eigenvalue weighted by Gasteiger charge is -2.13. The minimum Gasteiger partial charge on any atom is -0.336 e. The summed E-state index contributed by atoms with van der Waals surface area (Å²) in [4.78, 5) is 15.5. The highest BCUT2D eigenvalue weighted by Crippen LogP contribution is 2.05. The number of amides is 1. The maximum atomic E-state index is 11.7. The van der Waals surface area contributed by atoms with E-state index in [1.165, 1.54) is 6.20 Å². The zero-order valence-electron chi connectivity index (χ0n) is 9.47. The number of pyridine rings is 1. The van der Waals surface area contributed by atoms with E-state index in [2.05, 4.69) is 16.4 Å². The lowest BCUT2D eigenvalue weighted by atomic mass is 10.0. The van der Waals surface area contributed by atoms with E-state index in [-0.39, 0.29) is 5.91 Å². The zero-order valence-corrected chi connectivity index (χ0v) is 9.47. The fraction of sp³-hybridized carbons (Fsp3) is 0.417. The molecule has 0 radical (unpaired) electrons. The van der Waals surface area contributed by atoms with Crippen molar-refractivity contribution in [2.45, 2.75) is 26.3 Å². The van der Waals surface area contributed by atoms with Crippen molar-refractivity contribution in [3.05, 3.63) is 30.1 Å². The first-order valence-corrected chi connectivity index (χ1v) is 5.24. The number of aromatic nitrogens is 1. The maximum absolute atomic E-state index is 11.7. The Balaban J connectivity index is 2.60. The Hall–Kier alpha value is -1.89. The molecule has 0 aliphatic heterocycles. The molecule has 0 aliphatic rings. The van der Waals surface area contributed by atoms with Gasteiger partial charge in [0.1, 0.15) is 6.04 Å². The predicted molar refractivity (Wildman–Crippen MR) is 60.6 cm³/mol. The second-order valence-corrected chi connectivity index (χ2v) is 4.03. The van der Waals surface area contributed by atoms with E-state index in [4.69, 9.17) is 5.26 Å². The third-order valence-corrected chi connectivity index (χ3v) is 2.09. The molecule has 1 aromatic heterocycles. The number of rotatable bonds is 4. The lowest BCUT2D eigenvalue weighted by Crippen LogP contribution is -2.34. The molecule has 1 unspecified atom stereocenters. The minimum atomic E-state index is -0.437. The molecule has 0 aliphatic carbocycles. The summed E-state index contributed by atoms with van der Waals surface area (Å²) in [5.41, 5.74) is 0.478. The molecule has 4 nitrogen and oxygen atoms in total. The van der Waals surface area contributed by atoms with E-state index in [1.54, 1.807) is 18.3 Å². The van der Waals surface area contributed by atoms with E-state index in [1.807, 2.05) is 13.8 Å². The molecule has 16 heavy (non-hydrogen) atoms. The molecule has 1 amide bonds.